The van der Waals surface area contributed by atoms with Crippen molar-refractivity contribution in [3.8, 4) is 11.1 Å². The minimum absolute atomic E-state index is 0.0374. The van der Waals surface area contributed by atoms with Gasteiger partial charge in [-0.3, -0.25) is 4.79 Å². The van der Waals surface area contributed by atoms with Crippen molar-refractivity contribution in [3.63, 3.8) is 0 Å². The van der Waals surface area contributed by atoms with Crippen LogP contribution in [-0.4, -0.2) is 40.0 Å². The van der Waals surface area contributed by atoms with Gasteiger partial charge in [-0.15, -0.1) is 11.3 Å². The van der Waals surface area contributed by atoms with Crippen molar-refractivity contribution < 1.29 is 9.18 Å². The Hall–Kier alpha value is -1.87. The molecule has 3 aromatic rings. The van der Waals surface area contributed by atoms with Crippen molar-refractivity contribution in [2.75, 3.05) is 25.0 Å². The first-order valence-corrected chi connectivity index (χ1v) is 13.3. The van der Waals surface area contributed by atoms with Gasteiger partial charge in [0.05, 0.1) is 9.59 Å². The van der Waals surface area contributed by atoms with Crippen LogP contribution in [0.1, 0.15) is 48.1 Å². The van der Waals surface area contributed by atoms with E-state index in [-0.39, 0.29) is 21.7 Å². The van der Waals surface area contributed by atoms with E-state index >= 15 is 0 Å². The number of rotatable bonds is 7. The second-order valence-electron chi connectivity index (χ2n) is 9.49. The maximum Gasteiger partial charge on any atom is 0.275 e. The van der Waals surface area contributed by atoms with E-state index in [9.17, 15) is 9.18 Å². The Bertz CT molecular complexity index is 1120. The molecule has 1 aromatic heterocycles. The molecule has 180 valence electrons. The third-order valence-corrected chi connectivity index (χ3v) is 8.76. The summed E-state index contributed by atoms with van der Waals surface area (Å²) in [6.07, 6.45) is 2.06. The van der Waals surface area contributed by atoms with Crippen LogP contribution in [0.2, 0.25) is 0 Å². The fourth-order valence-electron chi connectivity index (χ4n) is 4.24. The van der Waals surface area contributed by atoms with Crippen LogP contribution >= 0.6 is 36.6 Å². The molecule has 0 unspecified atom stereocenters. The molecule has 1 amide bonds. The van der Waals surface area contributed by atoms with Crippen LogP contribution in [0.15, 0.2) is 53.9 Å². The lowest BCUT2D eigenvalue weighted by atomic mass is 9.91. The van der Waals surface area contributed by atoms with Crippen LogP contribution in [0, 0.1) is 11.2 Å². The lowest BCUT2D eigenvalue weighted by molar-refractivity contribution is 0.102. The summed E-state index contributed by atoms with van der Waals surface area (Å²) in [5, 5.41) is 5.85. The number of hydrogen-bond donors (Lipinski definition) is 3. The van der Waals surface area contributed by atoms with Gasteiger partial charge in [0.15, 0.2) is 0 Å². The molecule has 1 aliphatic heterocycles. The lowest BCUT2D eigenvalue weighted by Crippen LogP contribution is -2.41. The van der Waals surface area contributed by atoms with Crippen molar-refractivity contribution >= 4 is 48.2 Å². The summed E-state index contributed by atoms with van der Waals surface area (Å²) in [6, 6.07) is 13.8. The summed E-state index contributed by atoms with van der Waals surface area (Å²) in [5.41, 5.74) is 2.83. The fraction of sp³-hybridized carbons (Fsp3) is 0.385. The molecule has 0 aliphatic carbocycles. The number of aromatic nitrogens is 1. The second-order valence-corrected chi connectivity index (χ2v) is 11.8. The molecule has 0 spiro atoms. The maximum atomic E-state index is 13.3. The van der Waals surface area contributed by atoms with Gasteiger partial charge >= 0.3 is 0 Å². The Morgan fingerprint density at radius 1 is 1.18 bits per heavy atom. The van der Waals surface area contributed by atoms with E-state index in [1.165, 1.54) is 12.1 Å². The molecule has 1 saturated heterocycles. The SMILES string of the molecule is CC(C)(CN1CCC(c2nc(C(=O)Nc3ccccc3-c3ccc(F)cc3)cs2)CC1)C(S)S. The molecule has 0 atom stereocenters. The zero-order valence-corrected chi connectivity index (χ0v) is 22.0. The molecule has 4 nitrogen and oxygen atoms in total. The van der Waals surface area contributed by atoms with E-state index < -0.39 is 0 Å². The molecular weight excluding hydrogens is 486 g/mol. The highest BCUT2D eigenvalue weighted by Gasteiger charge is 2.30. The first kappa shape index (κ1) is 25.2. The summed E-state index contributed by atoms with van der Waals surface area (Å²) >= 11 is 10.6. The Kier molecular flexibility index (Phi) is 8.02. The molecular formula is C26H30FN3OS3. The molecule has 0 saturated carbocycles. The van der Waals surface area contributed by atoms with Gasteiger partial charge in [0, 0.05) is 29.1 Å². The van der Waals surface area contributed by atoms with Gasteiger partial charge in [-0.05, 0) is 55.1 Å². The van der Waals surface area contributed by atoms with E-state index in [1.807, 2.05) is 29.6 Å². The summed E-state index contributed by atoms with van der Waals surface area (Å²) < 4.78 is 13.4. The van der Waals surface area contributed by atoms with Gasteiger partial charge in [-0.25, -0.2) is 9.37 Å². The van der Waals surface area contributed by atoms with Gasteiger partial charge in [0.25, 0.3) is 5.91 Å². The first-order chi connectivity index (χ1) is 16.2. The van der Waals surface area contributed by atoms with Crippen molar-refractivity contribution in [2.24, 2.45) is 5.41 Å². The molecule has 34 heavy (non-hydrogen) atoms. The van der Waals surface area contributed by atoms with Crippen LogP contribution in [-0.2, 0) is 0 Å². The number of thiol groups is 2. The van der Waals surface area contributed by atoms with Crippen LogP contribution in [0.4, 0.5) is 10.1 Å². The van der Waals surface area contributed by atoms with Crippen LogP contribution in [0.5, 0.6) is 0 Å². The zero-order valence-electron chi connectivity index (χ0n) is 19.4. The van der Waals surface area contributed by atoms with E-state index in [0.29, 0.717) is 17.3 Å². The average Bonchev–Trinajstić information content (AvgIpc) is 3.31. The lowest BCUT2D eigenvalue weighted by Gasteiger charge is -2.38. The molecule has 1 aliphatic rings. The normalized spacial score (nSPS) is 15.6. The number of thiazole rings is 1. The van der Waals surface area contributed by atoms with Crippen molar-refractivity contribution in [1.82, 2.24) is 9.88 Å². The maximum absolute atomic E-state index is 13.3. The number of piperidine rings is 1. The van der Waals surface area contributed by atoms with Crippen molar-refractivity contribution in [3.05, 3.63) is 70.4 Å². The largest absolute Gasteiger partial charge is 0.320 e. The summed E-state index contributed by atoms with van der Waals surface area (Å²) in [5.74, 6) is -0.146. The number of nitrogens with zero attached hydrogens (tertiary/aromatic N) is 2. The monoisotopic (exact) mass is 515 g/mol. The number of carbonyl (C=O) groups excluding carboxylic acids is 1. The topological polar surface area (TPSA) is 45.2 Å². The van der Waals surface area contributed by atoms with Crippen molar-refractivity contribution in [1.29, 1.82) is 0 Å². The number of anilines is 1. The minimum atomic E-state index is -0.289. The van der Waals surface area contributed by atoms with Crippen LogP contribution in [0.25, 0.3) is 11.1 Å². The number of hydrogen-bond acceptors (Lipinski definition) is 6. The average molecular weight is 516 g/mol. The van der Waals surface area contributed by atoms with Crippen LogP contribution < -0.4 is 5.32 Å². The predicted octanol–water partition coefficient (Wildman–Crippen LogP) is 6.59. The number of halogens is 1. The molecule has 2 aromatic carbocycles. The first-order valence-electron chi connectivity index (χ1n) is 11.4. The molecule has 8 heteroatoms. The Morgan fingerprint density at radius 2 is 1.85 bits per heavy atom. The Labute approximate surface area is 215 Å². The number of amides is 1. The number of likely N-dealkylation sites (tertiary alicyclic amines) is 1. The van der Waals surface area contributed by atoms with E-state index in [1.54, 1.807) is 23.5 Å². The molecule has 1 fully saturated rings. The van der Waals surface area contributed by atoms with Crippen LogP contribution in [0.3, 0.4) is 0 Å². The standard InChI is InChI=1S/C26H30FN3OS3/c1-26(2,25(32)33)16-30-13-11-18(12-14-30)24-29-22(15-34-24)23(31)28-21-6-4-3-5-20(21)17-7-9-19(27)10-8-17/h3-10,15,18,25,32-33H,11-14,16H2,1-2H3,(H,28,31). The van der Waals surface area contributed by atoms with E-state index in [4.69, 9.17) is 0 Å². The second kappa shape index (κ2) is 10.8. The predicted molar refractivity (Wildman–Crippen MR) is 146 cm³/mol. The highest BCUT2D eigenvalue weighted by Crippen LogP contribution is 2.34. The molecule has 0 bridgehead atoms. The summed E-state index contributed by atoms with van der Waals surface area (Å²) in [4.78, 5) is 20.1. The molecule has 2 heterocycles. The van der Waals surface area contributed by atoms with Gasteiger partial charge in [-0.1, -0.05) is 44.2 Å². The Morgan fingerprint density at radius 3 is 2.53 bits per heavy atom. The van der Waals surface area contributed by atoms with Gasteiger partial charge in [0.2, 0.25) is 0 Å². The van der Waals surface area contributed by atoms with Gasteiger partial charge in [-0.2, -0.15) is 25.3 Å². The quantitative estimate of drug-likeness (QED) is 0.246. The third kappa shape index (κ3) is 6.03. The summed E-state index contributed by atoms with van der Waals surface area (Å²) in [6.45, 7) is 7.38. The smallest absolute Gasteiger partial charge is 0.275 e. The van der Waals surface area contributed by atoms with E-state index in [2.05, 4.69) is 54.3 Å². The van der Waals surface area contributed by atoms with E-state index in [0.717, 1.165) is 48.6 Å². The molecule has 0 radical (unpaired) electrons. The summed E-state index contributed by atoms with van der Waals surface area (Å²) in [7, 11) is 0. The number of benzene rings is 2. The molecule has 1 N–H and O–H groups in total. The molecule has 4 rings (SSSR count). The Balaban J connectivity index is 1.39. The third-order valence-electron chi connectivity index (χ3n) is 6.35. The number of para-hydroxylation sites is 1. The minimum Gasteiger partial charge on any atom is -0.320 e. The van der Waals surface area contributed by atoms with Crippen molar-refractivity contribution in [2.45, 2.75) is 37.2 Å². The van der Waals surface area contributed by atoms with Gasteiger partial charge < -0.3 is 10.2 Å². The number of nitrogens with one attached hydrogen (secondary N) is 1. The zero-order chi connectivity index (χ0) is 24.3. The highest BCUT2D eigenvalue weighted by molar-refractivity contribution is 7.99. The highest BCUT2D eigenvalue weighted by atomic mass is 32.2. The fourth-order valence-corrected chi connectivity index (χ4v) is 5.37. The van der Waals surface area contributed by atoms with Gasteiger partial charge in [0.1, 0.15) is 11.5 Å². The number of carbonyl (C=O) groups is 1.